The number of hydrogen-bond donors (Lipinski definition) is 0. The van der Waals surface area contributed by atoms with E-state index in [1.165, 1.54) is 22.3 Å². The number of hydrogen-bond acceptors (Lipinski definition) is 5. The molecule has 8 unspecified atom stereocenters. The Morgan fingerprint density at radius 2 is 0.959 bits per heavy atom. The van der Waals surface area contributed by atoms with Gasteiger partial charge in [-0.25, -0.2) is 0 Å². The van der Waals surface area contributed by atoms with Crippen LogP contribution in [0.2, 0.25) is 0 Å². The predicted molar refractivity (Wildman–Crippen MR) is 190 cm³/mol. The van der Waals surface area contributed by atoms with Crippen LogP contribution in [0.15, 0.2) is 132 Å². The SMILES string of the molecule is c1ccc(COC2CC3=C(CC2OCc2ccccc2)C2C(COC4C2CCC(OCc2ccccc2)C4OCc2ccccc2)C3)cc1. The second-order valence-electron chi connectivity index (χ2n) is 14.3. The number of ether oxygens (including phenoxy) is 5. The second kappa shape index (κ2) is 15.5. The third-order valence-corrected chi connectivity index (χ3v) is 11.2. The summed E-state index contributed by atoms with van der Waals surface area (Å²) in [5.74, 6) is 1.40. The first-order valence-corrected chi connectivity index (χ1v) is 18.2. The van der Waals surface area contributed by atoms with Gasteiger partial charge in [-0.15, -0.1) is 0 Å². The van der Waals surface area contributed by atoms with Crippen LogP contribution in [0.3, 0.4) is 0 Å². The van der Waals surface area contributed by atoms with E-state index in [9.17, 15) is 0 Å². The van der Waals surface area contributed by atoms with Gasteiger partial charge in [0, 0.05) is 0 Å². The highest BCUT2D eigenvalue weighted by molar-refractivity contribution is 5.32. The van der Waals surface area contributed by atoms with Gasteiger partial charge in [0.25, 0.3) is 0 Å². The second-order valence-corrected chi connectivity index (χ2v) is 14.3. The molecule has 0 amide bonds. The molecule has 1 saturated heterocycles. The van der Waals surface area contributed by atoms with Crippen molar-refractivity contribution in [3.8, 4) is 0 Å². The fourth-order valence-electron chi connectivity index (χ4n) is 8.87. The summed E-state index contributed by atoms with van der Waals surface area (Å²) in [7, 11) is 0. The lowest BCUT2D eigenvalue weighted by Crippen LogP contribution is -2.56. The van der Waals surface area contributed by atoms with Crippen LogP contribution in [0.25, 0.3) is 0 Å². The van der Waals surface area contributed by atoms with Crippen LogP contribution >= 0.6 is 0 Å². The highest BCUT2D eigenvalue weighted by Gasteiger charge is 2.54. The summed E-state index contributed by atoms with van der Waals surface area (Å²) in [6, 6.07) is 42.0. The Morgan fingerprint density at radius 3 is 1.49 bits per heavy atom. The Kier molecular flexibility index (Phi) is 10.3. The van der Waals surface area contributed by atoms with Crippen molar-refractivity contribution in [2.45, 2.75) is 89.1 Å². The first-order valence-electron chi connectivity index (χ1n) is 18.2. The van der Waals surface area contributed by atoms with E-state index < -0.39 is 0 Å². The van der Waals surface area contributed by atoms with E-state index in [2.05, 4.69) is 121 Å². The molecule has 5 nitrogen and oxygen atoms in total. The lowest BCUT2D eigenvalue weighted by atomic mass is 9.67. The molecule has 0 spiro atoms. The van der Waals surface area contributed by atoms with Gasteiger partial charge in [0.2, 0.25) is 0 Å². The zero-order valence-corrected chi connectivity index (χ0v) is 28.3. The summed E-state index contributed by atoms with van der Waals surface area (Å²) in [5, 5.41) is 0. The molecule has 254 valence electrons. The molecule has 0 N–H and O–H groups in total. The summed E-state index contributed by atoms with van der Waals surface area (Å²) in [4.78, 5) is 0. The van der Waals surface area contributed by atoms with Crippen molar-refractivity contribution in [1.82, 2.24) is 0 Å². The summed E-state index contributed by atoms with van der Waals surface area (Å²) in [6.07, 6.45) is 4.92. The molecular weight excluding hydrogens is 608 g/mol. The van der Waals surface area contributed by atoms with Gasteiger partial charge < -0.3 is 23.7 Å². The van der Waals surface area contributed by atoms with Gasteiger partial charge in [0.1, 0.15) is 6.10 Å². The average molecular weight is 657 g/mol. The van der Waals surface area contributed by atoms with Crippen LogP contribution in [0.1, 0.15) is 54.4 Å². The highest BCUT2D eigenvalue weighted by Crippen LogP contribution is 2.55. The van der Waals surface area contributed by atoms with Crippen molar-refractivity contribution in [3.05, 3.63) is 155 Å². The van der Waals surface area contributed by atoms with Gasteiger partial charge in [-0.05, 0) is 72.1 Å². The Balaban J connectivity index is 1.02. The third-order valence-electron chi connectivity index (χ3n) is 11.2. The van der Waals surface area contributed by atoms with E-state index in [4.69, 9.17) is 23.7 Å². The molecule has 0 bridgehead atoms. The van der Waals surface area contributed by atoms with Crippen molar-refractivity contribution >= 4 is 0 Å². The normalized spacial score (nSPS) is 29.2. The quantitative estimate of drug-likeness (QED) is 0.143. The van der Waals surface area contributed by atoms with E-state index in [0.717, 1.165) is 38.7 Å². The maximum atomic E-state index is 6.86. The highest BCUT2D eigenvalue weighted by atomic mass is 16.6. The molecule has 1 aliphatic heterocycles. The molecule has 0 aromatic heterocycles. The summed E-state index contributed by atoms with van der Waals surface area (Å²) in [6.45, 7) is 3.10. The maximum absolute atomic E-state index is 6.86. The Labute approximate surface area is 291 Å². The zero-order valence-electron chi connectivity index (χ0n) is 28.3. The number of fused-ring (bicyclic) bond motifs is 4. The lowest BCUT2D eigenvalue weighted by molar-refractivity contribution is -0.213. The number of benzene rings is 4. The van der Waals surface area contributed by atoms with E-state index in [0.29, 0.717) is 44.2 Å². The van der Waals surface area contributed by atoms with Crippen molar-refractivity contribution < 1.29 is 23.7 Å². The molecule has 0 radical (unpaired) electrons. The largest absolute Gasteiger partial charge is 0.375 e. The average Bonchev–Trinajstić information content (AvgIpc) is 3.53. The maximum Gasteiger partial charge on any atom is 0.110 e. The topological polar surface area (TPSA) is 46.2 Å². The van der Waals surface area contributed by atoms with Gasteiger partial charge in [-0.1, -0.05) is 132 Å². The molecule has 2 fully saturated rings. The summed E-state index contributed by atoms with van der Waals surface area (Å²) in [5.41, 5.74) is 7.97. The van der Waals surface area contributed by atoms with Crippen molar-refractivity contribution in [1.29, 1.82) is 0 Å². The molecule has 1 saturated carbocycles. The monoisotopic (exact) mass is 656 g/mol. The van der Waals surface area contributed by atoms with Crippen molar-refractivity contribution in [2.24, 2.45) is 17.8 Å². The van der Waals surface area contributed by atoms with Crippen LogP contribution in [0.5, 0.6) is 0 Å². The van der Waals surface area contributed by atoms with Gasteiger partial charge in [-0.2, -0.15) is 0 Å². The summed E-state index contributed by atoms with van der Waals surface area (Å²) < 4.78 is 33.8. The van der Waals surface area contributed by atoms with E-state index in [1.807, 2.05) is 0 Å². The minimum atomic E-state index is -0.121. The molecule has 4 aliphatic rings. The van der Waals surface area contributed by atoms with E-state index in [-0.39, 0.29) is 30.5 Å². The van der Waals surface area contributed by atoms with Gasteiger partial charge in [-0.3, -0.25) is 0 Å². The van der Waals surface area contributed by atoms with Crippen molar-refractivity contribution in [3.63, 3.8) is 0 Å². The molecule has 4 aromatic rings. The van der Waals surface area contributed by atoms with Crippen LogP contribution in [0, 0.1) is 17.8 Å². The molecule has 3 aliphatic carbocycles. The lowest BCUT2D eigenvalue weighted by Gasteiger charge is -2.50. The molecule has 5 heteroatoms. The Bertz CT molecular complexity index is 1640. The minimum Gasteiger partial charge on any atom is -0.375 e. The Hall–Kier alpha value is -3.58. The standard InChI is InChI=1S/C44H48O5/c1-5-13-31(14-6-1)26-45-39-22-21-37-42-36(30-49-43(37)44(39)48-29-34-19-11-4-12-20-34)23-35-24-40(46-27-32-15-7-2-8-16-32)41(25-38(35)42)47-28-33-17-9-3-10-18-33/h1-20,36-37,39-44H,21-30H2. The fourth-order valence-corrected chi connectivity index (χ4v) is 8.87. The molecular formula is C44H48O5. The van der Waals surface area contributed by atoms with Crippen LogP contribution in [0.4, 0.5) is 0 Å². The van der Waals surface area contributed by atoms with Gasteiger partial charge in [0.05, 0.1) is 57.5 Å². The van der Waals surface area contributed by atoms with Crippen LogP contribution in [-0.4, -0.2) is 37.1 Å². The van der Waals surface area contributed by atoms with E-state index in [1.54, 1.807) is 11.1 Å². The first kappa shape index (κ1) is 32.6. The fraction of sp³-hybridized carbons (Fsp3) is 0.409. The summed E-state index contributed by atoms with van der Waals surface area (Å²) >= 11 is 0. The molecule has 8 atom stereocenters. The number of rotatable bonds is 12. The third kappa shape index (κ3) is 7.62. The minimum absolute atomic E-state index is 0.00192. The Morgan fingerprint density at radius 1 is 0.490 bits per heavy atom. The van der Waals surface area contributed by atoms with E-state index >= 15 is 0 Å². The molecule has 4 aromatic carbocycles. The zero-order chi connectivity index (χ0) is 32.8. The van der Waals surface area contributed by atoms with Gasteiger partial charge in [0.15, 0.2) is 0 Å². The first-order chi connectivity index (χ1) is 24.3. The molecule has 49 heavy (non-hydrogen) atoms. The molecule has 1 heterocycles. The van der Waals surface area contributed by atoms with Crippen LogP contribution in [-0.2, 0) is 50.1 Å². The van der Waals surface area contributed by atoms with Crippen molar-refractivity contribution in [2.75, 3.05) is 6.61 Å². The predicted octanol–water partition coefficient (Wildman–Crippen LogP) is 8.86. The molecule has 8 rings (SSSR count). The van der Waals surface area contributed by atoms with Crippen LogP contribution < -0.4 is 0 Å². The smallest absolute Gasteiger partial charge is 0.110 e. The van der Waals surface area contributed by atoms with Gasteiger partial charge >= 0.3 is 0 Å².